The summed E-state index contributed by atoms with van der Waals surface area (Å²) in [5.74, 6) is -0.358. The third-order valence-corrected chi connectivity index (χ3v) is 12.4. The number of aromatic nitrogens is 3. The van der Waals surface area contributed by atoms with Gasteiger partial charge in [-0.25, -0.2) is 4.98 Å². The van der Waals surface area contributed by atoms with Crippen molar-refractivity contribution in [2.45, 2.75) is 131 Å². The number of para-hydroxylation sites is 1. The Balaban J connectivity index is 1.49. The monoisotopic (exact) mass is 883 g/mol. The molecule has 0 fully saturated rings. The number of imidazole rings is 1. The summed E-state index contributed by atoms with van der Waals surface area (Å²) in [7, 11) is 0. The fourth-order valence-electron chi connectivity index (χ4n) is 8.36. The van der Waals surface area contributed by atoms with Crippen molar-refractivity contribution < 1.29 is 20.2 Å². The summed E-state index contributed by atoms with van der Waals surface area (Å²) in [6.45, 7) is 26.1. The summed E-state index contributed by atoms with van der Waals surface area (Å²) >= 11 is 0. The molecule has 0 bridgehead atoms. The summed E-state index contributed by atoms with van der Waals surface area (Å²) in [4.78, 5) is 10.1. The van der Waals surface area contributed by atoms with Gasteiger partial charge in [0.05, 0.1) is 37.6 Å². The van der Waals surface area contributed by atoms with E-state index < -0.39 is 77.1 Å². The molecule has 4 nitrogen and oxygen atoms in total. The van der Waals surface area contributed by atoms with E-state index in [0.29, 0.717) is 39.1 Å². The van der Waals surface area contributed by atoms with Gasteiger partial charge in [-0.1, -0.05) is 181 Å². The molecule has 0 aliphatic carbocycles. The van der Waals surface area contributed by atoms with Crippen molar-refractivity contribution >= 4 is 11.0 Å². The van der Waals surface area contributed by atoms with Crippen LogP contribution in [0.1, 0.15) is 151 Å². The molecule has 4 heteroatoms. The zero-order valence-corrected chi connectivity index (χ0v) is 40.9. The number of aromatic hydroxyl groups is 1. The zero-order valence-electron chi connectivity index (χ0n) is 51.9. The number of hydrogen-bond donors (Lipinski definition) is 1. The lowest BCUT2D eigenvalue weighted by Crippen LogP contribution is -2.17. The van der Waals surface area contributed by atoms with Crippen LogP contribution in [0.5, 0.6) is 5.75 Å². The molecular weight excluding hydrogens is 803 g/mol. The highest BCUT2D eigenvalue weighted by Crippen LogP contribution is 2.46. The normalized spacial score (nSPS) is 15.4. The number of nitrogens with zero attached hydrogens (tertiary/aromatic N) is 3. The van der Waals surface area contributed by atoms with Crippen LogP contribution < -0.4 is 0 Å². The van der Waals surface area contributed by atoms with Gasteiger partial charge in [-0.3, -0.25) is 9.55 Å². The molecule has 1 N–H and O–H groups in total. The molecule has 6 aromatic carbocycles. The summed E-state index contributed by atoms with van der Waals surface area (Å²) < 4.78 is 97.8. The Labute approximate surface area is 410 Å². The van der Waals surface area contributed by atoms with Crippen LogP contribution in [-0.4, -0.2) is 19.6 Å². The number of benzene rings is 6. The van der Waals surface area contributed by atoms with E-state index in [0.717, 1.165) is 39.1 Å². The van der Waals surface area contributed by atoms with Gasteiger partial charge in [0.2, 0.25) is 0 Å². The van der Waals surface area contributed by atoms with Crippen molar-refractivity contribution in [2.75, 3.05) is 0 Å². The fourth-order valence-corrected chi connectivity index (χ4v) is 8.36. The molecule has 0 radical (unpaired) electrons. The zero-order chi connectivity index (χ0) is 57.2. The van der Waals surface area contributed by atoms with E-state index in [-0.39, 0.29) is 27.8 Å². The number of fused-ring (bicyclic) bond motifs is 1. The predicted molar refractivity (Wildman–Crippen MR) is 281 cm³/mol. The van der Waals surface area contributed by atoms with Crippen molar-refractivity contribution in [2.24, 2.45) is 0 Å². The van der Waals surface area contributed by atoms with Crippen molar-refractivity contribution in [3.63, 3.8) is 0 Å². The molecule has 2 heterocycles. The Morgan fingerprint density at radius 2 is 1.24 bits per heavy atom. The number of rotatable bonds is 7. The number of phenolic OH excluding ortho intramolecular Hbond substituents is 1. The third-order valence-electron chi connectivity index (χ3n) is 12.4. The summed E-state index contributed by atoms with van der Waals surface area (Å²) in [6.07, 6.45) is -0.577. The standard InChI is InChI=1S/C62H69N3O/c1-38(2)42-25-28-54(50(34-42)41-23-26-46(27-24-41)59(4,5)6)65-55-18-16-17-49(56(55)64-58(65)51-36-48(61(10,11)12)37-52(57(51)66)62(13,14)15)44-31-45(33-47(32-44)60(7,8)9)53-35-43(29-30-63-53)40-21-19-39(3)20-22-40/h16-38,66H,1-15H3/i3D3,19D,20D,21D,22D,29D,30D,35D,38D. The molecule has 8 rings (SSSR count). The number of pyridine rings is 1. The highest BCUT2D eigenvalue weighted by Gasteiger charge is 2.30. The van der Waals surface area contributed by atoms with E-state index in [4.69, 9.17) is 17.3 Å². The van der Waals surface area contributed by atoms with Crippen LogP contribution in [0, 0.1) is 6.85 Å². The van der Waals surface area contributed by atoms with Crippen LogP contribution >= 0.6 is 0 Å². The van der Waals surface area contributed by atoms with Crippen LogP contribution in [0.4, 0.5) is 0 Å². The van der Waals surface area contributed by atoms with Crippen LogP contribution in [0.3, 0.4) is 0 Å². The maximum atomic E-state index is 12.7. The minimum atomic E-state index is -2.98. The largest absolute Gasteiger partial charge is 0.507 e. The van der Waals surface area contributed by atoms with Gasteiger partial charge >= 0.3 is 0 Å². The van der Waals surface area contributed by atoms with Crippen molar-refractivity contribution in [3.05, 3.63) is 167 Å². The second-order valence-electron chi connectivity index (χ2n) is 21.9. The number of hydrogen-bond acceptors (Lipinski definition) is 3. The molecule has 0 atom stereocenters. The van der Waals surface area contributed by atoms with E-state index in [9.17, 15) is 7.85 Å². The van der Waals surface area contributed by atoms with Gasteiger partial charge in [-0.05, 0) is 127 Å². The summed E-state index contributed by atoms with van der Waals surface area (Å²) in [5.41, 5.74) is 7.61. The SMILES string of the molecule is [2H]c1nc(-c2cc(-c3cccc4c3nc(-c3cc(C(C)(C)C)cc(C(C)(C)C)c3O)n4-c3ccc(C([2H])(C)C)cc3-c3ccc(C(C)(C)C)cc3)cc(C(C)(C)C)c2)c([2H])c(-c2c([2H])c([2H])c(C([2H])([2H])[2H])c([2H])c2[2H])c1[2H]. The quantitative estimate of drug-likeness (QED) is 0.173. The van der Waals surface area contributed by atoms with Gasteiger partial charge in [0.1, 0.15) is 11.6 Å². The molecule has 338 valence electrons. The lowest BCUT2D eigenvalue weighted by Gasteiger charge is -2.27. The molecular formula is C62H69N3O. The molecule has 0 spiro atoms. The average molecular weight is 883 g/mol. The highest BCUT2D eigenvalue weighted by molar-refractivity contribution is 5.98. The van der Waals surface area contributed by atoms with E-state index >= 15 is 0 Å². The molecule has 0 aliphatic rings. The van der Waals surface area contributed by atoms with Gasteiger partial charge in [-0.2, -0.15) is 0 Å². The van der Waals surface area contributed by atoms with Gasteiger partial charge in [-0.15, -0.1) is 0 Å². The first-order valence-corrected chi connectivity index (χ1v) is 22.7. The lowest BCUT2D eigenvalue weighted by atomic mass is 9.79. The average Bonchev–Trinajstić information content (AvgIpc) is 3.71. The topological polar surface area (TPSA) is 50.9 Å². The Kier molecular flexibility index (Phi) is 8.72. The Morgan fingerprint density at radius 1 is 0.591 bits per heavy atom. The summed E-state index contributed by atoms with van der Waals surface area (Å²) in [6, 6.07) is 26.2. The molecule has 0 saturated heterocycles. The molecule has 8 aromatic rings. The highest BCUT2D eigenvalue weighted by atomic mass is 16.3. The Bertz CT molecular complexity index is 3640. The third kappa shape index (κ3) is 9.12. The maximum absolute atomic E-state index is 12.7. The Hall–Kier alpha value is -6.26. The van der Waals surface area contributed by atoms with Crippen molar-refractivity contribution in [1.82, 2.24) is 14.5 Å². The van der Waals surface area contributed by atoms with Gasteiger partial charge in [0, 0.05) is 33.9 Å². The second kappa shape index (κ2) is 16.9. The van der Waals surface area contributed by atoms with Gasteiger partial charge in [0.25, 0.3) is 0 Å². The van der Waals surface area contributed by atoms with Crippen LogP contribution in [0.25, 0.3) is 72.7 Å². The van der Waals surface area contributed by atoms with Gasteiger partial charge < -0.3 is 5.11 Å². The predicted octanol–water partition coefficient (Wildman–Crippen LogP) is 17.1. The van der Waals surface area contributed by atoms with E-state index in [1.807, 2.05) is 89.2 Å². The first-order valence-electron chi connectivity index (χ1n) is 28.2. The van der Waals surface area contributed by atoms with Crippen molar-refractivity contribution in [1.29, 1.82) is 0 Å². The van der Waals surface area contributed by atoms with E-state index in [1.165, 1.54) is 5.56 Å². The molecule has 0 aliphatic heterocycles. The summed E-state index contributed by atoms with van der Waals surface area (Å²) in [5, 5.41) is 12.7. The molecule has 2 aromatic heterocycles. The van der Waals surface area contributed by atoms with E-state index in [1.54, 1.807) is 0 Å². The molecule has 0 saturated carbocycles. The van der Waals surface area contributed by atoms with Crippen LogP contribution in [0.2, 0.25) is 0 Å². The molecule has 0 unspecified atom stereocenters. The van der Waals surface area contributed by atoms with Crippen molar-refractivity contribution in [3.8, 4) is 67.5 Å². The van der Waals surface area contributed by atoms with Crippen LogP contribution in [-0.2, 0) is 21.7 Å². The van der Waals surface area contributed by atoms with Gasteiger partial charge in [0.15, 0.2) is 0 Å². The number of phenols is 1. The first-order chi connectivity index (χ1) is 35.3. The van der Waals surface area contributed by atoms with E-state index in [2.05, 4.69) is 108 Å². The lowest BCUT2D eigenvalue weighted by molar-refractivity contribution is 0.446. The molecule has 0 amide bonds. The maximum Gasteiger partial charge on any atom is 0.149 e. The Morgan fingerprint density at radius 3 is 1.86 bits per heavy atom. The fraction of sp³-hybridized carbons (Fsp3) is 0.323. The second-order valence-corrected chi connectivity index (χ2v) is 21.9. The molecule has 66 heavy (non-hydrogen) atoms. The minimum Gasteiger partial charge on any atom is -0.507 e. The first kappa shape index (κ1) is 34.1. The minimum absolute atomic E-state index is 0.0540. The van der Waals surface area contributed by atoms with Crippen LogP contribution in [0.15, 0.2) is 133 Å². The smallest absolute Gasteiger partial charge is 0.149 e.